The molecule has 2 heterocycles. The Kier molecular flexibility index (Phi) is 8.52. The Bertz CT molecular complexity index is 990. The molecule has 0 aromatic rings. The van der Waals surface area contributed by atoms with Gasteiger partial charge in [-0.3, -0.25) is 4.79 Å². The van der Waals surface area contributed by atoms with Crippen molar-refractivity contribution >= 4 is 11.9 Å². The summed E-state index contributed by atoms with van der Waals surface area (Å²) in [4.78, 5) is 23.6. The summed E-state index contributed by atoms with van der Waals surface area (Å²) in [6.07, 6.45) is 1.02. The summed E-state index contributed by atoms with van der Waals surface area (Å²) in [7, 11) is 0. The molecule has 0 bridgehead atoms. The van der Waals surface area contributed by atoms with Crippen LogP contribution in [-0.2, 0) is 28.5 Å². The largest absolute Gasteiger partial charge is 0.458 e. The Morgan fingerprint density at radius 1 is 1.24 bits per heavy atom. The highest BCUT2D eigenvalue weighted by Crippen LogP contribution is 2.61. The minimum absolute atomic E-state index is 0.00308. The minimum Gasteiger partial charge on any atom is -0.458 e. The topological polar surface area (TPSA) is 152 Å². The Hall–Kier alpha value is -2.08. The number of carbonyl (C=O) groups is 2. The highest BCUT2D eigenvalue weighted by molar-refractivity contribution is 5.93. The lowest BCUT2D eigenvalue weighted by molar-refractivity contribution is -0.315. The summed E-state index contributed by atoms with van der Waals surface area (Å²) in [5.41, 5.74) is 0.583. The third-order valence-electron chi connectivity index (χ3n) is 9.12. The fourth-order valence-corrected chi connectivity index (χ4v) is 6.95. The van der Waals surface area contributed by atoms with Crippen molar-refractivity contribution in [2.75, 3.05) is 19.8 Å². The number of carbonyl (C=O) groups excluding carboxylic acids is 2. The minimum atomic E-state index is -1.52. The number of ether oxygens (including phenoxy) is 4. The van der Waals surface area contributed by atoms with Crippen LogP contribution in [0.25, 0.3) is 0 Å². The standard InChI is InChI=1S/C28H40O10/c1-15-5-8-20-27(3,18(15)7-6-17-10-12-35-25(17)34)11-9-21(31)28(20,4)14-36-26-24(37-16(2)30)23(33)22(32)19(13-29)38-26/h6-7,10,18-24,26,29,31-33H,1,5,8-9,11-14H2,2-4H3/b7-6+/t18-,19-,20+,21-,22+,23+,24-,26-,27+,28+/m1/s1. The summed E-state index contributed by atoms with van der Waals surface area (Å²) in [6.45, 7) is 9.38. The molecule has 1 saturated heterocycles. The van der Waals surface area contributed by atoms with Gasteiger partial charge in [0.25, 0.3) is 0 Å². The third kappa shape index (κ3) is 5.22. The van der Waals surface area contributed by atoms with Gasteiger partial charge in [-0.2, -0.15) is 0 Å². The van der Waals surface area contributed by atoms with Crippen molar-refractivity contribution in [3.63, 3.8) is 0 Å². The molecule has 4 aliphatic rings. The zero-order valence-corrected chi connectivity index (χ0v) is 22.2. The maximum Gasteiger partial charge on any atom is 0.338 e. The first-order valence-electron chi connectivity index (χ1n) is 13.2. The molecule has 0 aromatic heterocycles. The van der Waals surface area contributed by atoms with Gasteiger partial charge in [-0.05, 0) is 43.1 Å². The lowest BCUT2D eigenvalue weighted by Crippen LogP contribution is -2.62. The molecule has 38 heavy (non-hydrogen) atoms. The van der Waals surface area contributed by atoms with E-state index in [0.29, 0.717) is 12.0 Å². The van der Waals surface area contributed by atoms with E-state index in [1.54, 1.807) is 12.2 Å². The van der Waals surface area contributed by atoms with Crippen LogP contribution in [0, 0.1) is 22.7 Å². The maximum atomic E-state index is 11.9. The van der Waals surface area contributed by atoms with Gasteiger partial charge in [0, 0.05) is 18.3 Å². The fraction of sp³-hybridized carbons (Fsp3) is 0.714. The van der Waals surface area contributed by atoms with Crippen LogP contribution in [0.4, 0.5) is 0 Å². The number of hydrogen-bond acceptors (Lipinski definition) is 10. The summed E-state index contributed by atoms with van der Waals surface area (Å²) >= 11 is 0. The first kappa shape index (κ1) is 28.9. The van der Waals surface area contributed by atoms with Crippen molar-refractivity contribution in [3.05, 3.63) is 36.0 Å². The maximum absolute atomic E-state index is 11.9. The normalized spacial score (nSPS) is 43.5. The number of aliphatic hydroxyl groups is 4. The third-order valence-corrected chi connectivity index (χ3v) is 9.12. The molecule has 2 aliphatic heterocycles. The molecule has 4 rings (SSSR count). The molecule has 10 heteroatoms. The molecule has 10 nitrogen and oxygen atoms in total. The molecule has 0 aromatic carbocycles. The second-order valence-corrected chi connectivity index (χ2v) is 11.5. The van der Waals surface area contributed by atoms with Gasteiger partial charge in [-0.25, -0.2) is 4.79 Å². The average molecular weight is 537 g/mol. The van der Waals surface area contributed by atoms with Gasteiger partial charge in [0.2, 0.25) is 0 Å². The second-order valence-electron chi connectivity index (χ2n) is 11.5. The van der Waals surface area contributed by atoms with Crippen molar-refractivity contribution in [1.29, 1.82) is 0 Å². The van der Waals surface area contributed by atoms with Crippen LogP contribution >= 0.6 is 0 Å². The van der Waals surface area contributed by atoms with E-state index in [9.17, 15) is 30.0 Å². The number of esters is 2. The van der Waals surface area contributed by atoms with Crippen molar-refractivity contribution in [3.8, 4) is 0 Å². The zero-order chi connectivity index (χ0) is 27.8. The van der Waals surface area contributed by atoms with E-state index in [1.165, 1.54) is 6.92 Å². The van der Waals surface area contributed by atoms with Crippen LogP contribution < -0.4 is 0 Å². The van der Waals surface area contributed by atoms with Crippen molar-refractivity contribution in [2.24, 2.45) is 22.7 Å². The molecule has 0 spiro atoms. The van der Waals surface area contributed by atoms with Crippen LogP contribution in [-0.4, -0.2) is 89.0 Å². The zero-order valence-electron chi connectivity index (χ0n) is 22.2. The lowest BCUT2D eigenvalue weighted by atomic mass is 9.46. The summed E-state index contributed by atoms with van der Waals surface area (Å²) in [6, 6.07) is 0. The SMILES string of the molecule is C=C1CC[C@@H]2[C@](C)(CO[C@@H]3O[C@H](CO)[C@H](O)[C@H](O)[C@H]3OC(C)=O)[C@H](O)CC[C@@]2(C)[C@@H]1/C=C/C1=CCOC1=O. The van der Waals surface area contributed by atoms with Crippen LogP contribution in [0.2, 0.25) is 0 Å². The van der Waals surface area contributed by atoms with E-state index in [1.807, 2.05) is 13.0 Å². The van der Waals surface area contributed by atoms with Crippen LogP contribution in [0.15, 0.2) is 36.0 Å². The van der Waals surface area contributed by atoms with E-state index in [4.69, 9.17) is 18.9 Å². The molecule has 0 unspecified atom stereocenters. The molecular formula is C28H40O10. The predicted octanol–water partition coefficient (Wildman–Crippen LogP) is 1.16. The van der Waals surface area contributed by atoms with Gasteiger partial charge in [0.1, 0.15) is 24.9 Å². The van der Waals surface area contributed by atoms with Crippen LogP contribution in [0.1, 0.15) is 46.5 Å². The second kappa shape index (κ2) is 11.2. The van der Waals surface area contributed by atoms with Crippen molar-refractivity contribution in [2.45, 2.75) is 83.3 Å². The molecule has 0 radical (unpaired) electrons. The van der Waals surface area contributed by atoms with Crippen molar-refractivity contribution in [1.82, 2.24) is 0 Å². The number of fused-ring (bicyclic) bond motifs is 1. The van der Waals surface area contributed by atoms with E-state index in [-0.39, 0.29) is 36.4 Å². The monoisotopic (exact) mass is 536 g/mol. The molecule has 212 valence electrons. The van der Waals surface area contributed by atoms with E-state index in [0.717, 1.165) is 24.8 Å². The van der Waals surface area contributed by atoms with E-state index < -0.39 is 54.8 Å². The molecule has 2 saturated carbocycles. The highest BCUT2D eigenvalue weighted by Gasteiger charge is 2.58. The van der Waals surface area contributed by atoms with Gasteiger partial charge in [0.05, 0.1) is 24.9 Å². The average Bonchev–Trinajstić information content (AvgIpc) is 3.28. The van der Waals surface area contributed by atoms with Crippen LogP contribution in [0.3, 0.4) is 0 Å². The smallest absolute Gasteiger partial charge is 0.338 e. The Morgan fingerprint density at radius 2 is 1.97 bits per heavy atom. The molecule has 10 atom stereocenters. The quantitative estimate of drug-likeness (QED) is 0.276. The van der Waals surface area contributed by atoms with Crippen molar-refractivity contribution < 1.29 is 49.0 Å². The molecular weight excluding hydrogens is 496 g/mol. The Morgan fingerprint density at radius 3 is 2.61 bits per heavy atom. The number of hydrogen-bond donors (Lipinski definition) is 4. The molecule has 4 N–H and O–H groups in total. The van der Waals surface area contributed by atoms with Gasteiger partial charge >= 0.3 is 11.9 Å². The fourth-order valence-electron chi connectivity index (χ4n) is 6.95. The highest BCUT2D eigenvalue weighted by atomic mass is 16.7. The molecule has 3 fully saturated rings. The first-order valence-corrected chi connectivity index (χ1v) is 13.2. The van der Waals surface area contributed by atoms with Gasteiger partial charge in [0.15, 0.2) is 12.4 Å². The van der Waals surface area contributed by atoms with Gasteiger partial charge < -0.3 is 39.4 Å². The summed E-state index contributed by atoms with van der Waals surface area (Å²) < 4.78 is 22.0. The molecule has 2 aliphatic carbocycles. The van der Waals surface area contributed by atoms with E-state index >= 15 is 0 Å². The Balaban J connectivity index is 1.57. The number of aliphatic hydroxyl groups excluding tert-OH is 4. The molecule has 0 amide bonds. The first-order chi connectivity index (χ1) is 17.9. The summed E-state index contributed by atoms with van der Waals surface area (Å²) in [5, 5.41) is 41.7. The Labute approximate surface area is 222 Å². The van der Waals surface area contributed by atoms with Gasteiger partial charge in [-0.1, -0.05) is 38.2 Å². The predicted molar refractivity (Wildman–Crippen MR) is 134 cm³/mol. The summed E-state index contributed by atoms with van der Waals surface area (Å²) in [5.74, 6) is -1.05. The number of rotatable bonds is 7. The number of cyclic esters (lactones) is 1. The van der Waals surface area contributed by atoms with Crippen LogP contribution in [0.5, 0.6) is 0 Å². The van der Waals surface area contributed by atoms with E-state index in [2.05, 4.69) is 13.5 Å². The lowest BCUT2D eigenvalue weighted by Gasteiger charge is -2.60. The number of allylic oxidation sites excluding steroid dienone is 2. The van der Waals surface area contributed by atoms with Gasteiger partial charge in [-0.15, -0.1) is 0 Å².